The van der Waals surface area contributed by atoms with Crippen LogP contribution in [0.5, 0.6) is 5.75 Å². The summed E-state index contributed by atoms with van der Waals surface area (Å²) in [5.74, 6) is 0.241. The number of ether oxygens (including phenoxy) is 1. The molecule has 0 spiro atoms. The number of nitro groups is 1. The second-order valence-electron chi connectivity index (χ2n) is 7.02. The number of hydrogen-bond donors (Lipinski definition) is 2. The van der Waals surface area contributed by atoms with Crippen molar-refractivity contribution < 1.29 is 14.5 Å². The molecule has 4 aromatic rings. The Balaban J connectivity index is 1.34. The first kappa shape index (κ1) is 21.4. The molecular formula is C24H19N5O4. The van der Waals surface area contributed by atoms with Gasteiger partial charge in [-0.25, -0.2) is 5.43 Å². The number of benzene rings is 3. The van der Waals surface area contributed by atoms with E-state index in [1.807, 2.05) is 54.6 Å². The molecule has 0 aliphatic heterocycles. The van der Waals surface area contributed by atoms with Crippen molar-refractivity contribution in [2.45, 2.75) is 6.61 Å². The Morgan fingerprint density at radius 2 is 1.85 bits per heavy atom. The molecule has 1 amide bonds. The molecule has 0 fully saturated rings. The van der Waals surface area contributed by atoms with Crippen LogP contribution in [0.25, 0.3) is 11.3 Å². The first-order chi connectivity index (χ1) is 16.1. The zero-order chi connectivity index (χ0) is 23.0. The Labute approximate surface area is 188 Å². The van der Waals surface area contributed by atoms with Crippen LogP contribution in [0, 0.1) is 10.1 Å². The van der Waals surface area contributed by atoms with Crippen LogP contribution in [-0.4, -0.2) is 27.2 Å². The molecule has 0 saturated heterocycles. The van der Waals surface area contributed by atoms with Crippen LogP contribution in [0.15, 0.2) is 90.0 Å². The number of rotatable bonds is 8. The van der Waals surface area contributed by atoms with Gasteiger partial charge in [0.2, 0.25) is 0 Å². The van der Waals surface area contributed by atoms with Gasteiger partial charge < -0.3 is 4.74 Å². The van der Waals surface area contributed by atoms with Gasteiger partial charge in [-0.3, -0.25) is 20.0 Å². The second kappa shape index (κ2) is 10.0. The number of aromatic amines is 1. The third kappa shape index (κ3) is 5.67. The van der Waals surface area contributed by atoms with E-state index in [2.05, 4.69) is 20.7 Å². The normalized spacial score (nSPS) is 10.8. The third-order valence-electron chi connectivity index (χ3n) is 4.68. The van der Waals surface area contributed by atoms with Gasteiger partial charge in [0.1, 0.15) is 18.1 Å². The fourth-order valence-electron chi connectivity index (χ4n) is 2.99. The van der Waals surface area contributed by atoms with Gasteiger partial charge in [0.25, 0.3) is 11.6 Å². The monoisotopic (exact) mass is 441 g/mol. The molecule has 0 radical (unpaired) electrons. The summed E-state index contributed by atoms with van der Waals surface area (Å²) >= 11 is 0. The lowest BCUT2D eigenvalue weighted by Crippen LogP contribution is -2.18. The average Bonchev–Trinajstić information content (AvgIpc) is 3.34. The van der Waals surface area contributed by atoms with Crippen LogP contribution in [-0.2, 0) is 6.61 Å². The van der Waals surface area contributed by atoms with E-state index >= 15 is 0 Å². The SMILES string of the molecule is O=C(NN=Cc1cccc([N+](=O)[O-])c1)c1cc(-c2ccc(OCc3ccccc3)cc2)n[nH]1. The number of non-ortho nitro benzene ring substituents is 1. The van der Waals surface area contributed by atoms with Gasteiger partial charge >= 0.3 is 0 Å². The number of carbonyl (C=O) groups is 1. The maximum Gasteiger partial charge on any atom is 0.289 e. The van der Waals surface area contributed by atoms with E-state index in [4.69, 9.17) is 4.74 Å². The number of nitro benzene ring substituents is 1. The second-order valence-corrected chi connectivity index (χ2v) is 7.02. The highest BCUT2D eigenvalue weighted by Gasteiger charge is 2.11. The maximum absolute atomic E-state index is 12.3. The number of H-pyrrole nitrogens is 1. The molecule has 0 atom stereocenters. The Bertz CT molecular complexity index is 1280. The Hall–Kier alpha value is -4.79. The summed E-state index contributed by atoms with van der Waals surface area (Å²) in [7, 11) is 0. The fraction of sp³-hybridized carbons (Fsp3) is 0.0417. The average molecular weight is 441 g/mol. The Kier molecular flexibility index (Phi) is 6.51. The smallest absolute Gasteiger partial charge is 0.289 e. The van der Waals surface area contributed by atoms with Crippen molar-refractivity contribution in [2.75, 3.05) is 0 Å². The van der Waals surface area contributed by atoms with Gasteiger partial charge in [-0.05, 0) is 35.9 Å². The topological polar surface area (TPSA) is 123 Å². The zero-order valence-electron chi connectivity index (χ0n) is 17.3. The van der Waals surface area contributed by atoms with Crippen molar-refractivity contribution >= 4 is 17.8 Å². The van der Waals surface area contributed by atoms with Crippen LogP contribution in [0.2, 0.25) is 0 Å². The summed E-state index contributed by atoms with van der Waals surface area (Å²) < 4.78 is 5.78. The van der Waals surface area contributed by atoms with Crippen LogP contribution >= 0.6 is 0 Å². The molecule has 0 aliphatic rings. The number of amides is 1. The number of nitrogens with zero attached hydrogens (tertiary/aromatic N) is 3. The summed E-state index contributed by atoms with van der Waals surface area (Å²) in [5, 5.41) is 21.5. The molecule has 9 heteroatoms. The van der Waals surface area contributed by atoms with Gasteiger partial charge in [0.05, 0.1) is 16.8 Å². The van der Waals surface area contributed by atoms with Crippen molar-refractivity contribution in [3.63, 3.8) is 0 Å². The van der Waals surface area contributed by atoms with Crippen LogP contribution in [0.1, 0.15) is 21.6 Å². The number of nitrogens with one attached hydrogen (secondary N) is 2. The summed E-state index contributed by atoms with van der Waals surface area (Å²) in [6, 6.07) is 24.8. The Morgan fingerprint density at radius 3 is 2.61 bits per heavy atom. The molecule has 3 aromatic carbocycles. The molecule has 9 nitrogen and oxygen atoms in total. The van der Waals surface area contributed by atoms with Crippen LogP contribution in [0.4, 0.5) is 5.69 Å². The highest BCUT2D eigenvalue weighted by molar-refractivity contribution is 5.94. The number of carbonyl (C=O) groups excluding carboxylic acids is 1. The summed E-state index contributed by atoms with van der Waals surface area (Å²) in [5.41, 5.74) is 5.53. The summed E-state index contributed by atoms with van der Waals surface area (Å²) in [6.45, 7) is 0.476. The molecule has 2 N–H and O–H groups in total. The fourth-order valence-corrected chi connectivity index (χ4v) is 2.99. The van der Waals surface area contributed by atoms with E-state index in [1.54, 1.807) is 18.2 Å². The van der Waals surface area contributed by atoms with Gasteiger partial charge in [0.15, 0.2) is 0 Å². The first-order valence-electron chi connectivity index (χ1n) is 9.99. The van der Waals surface area contributed by atoms with Gasteiger partial charge in [-0.2, -0.15) is 10.2 Å². The van der Waals surface area contributed by atoms with E-state index in [-0.39, 0.29) is 11.4 Å². The highest BCUT2D eigenvalue weighted by Crippen LogP contribution is 2.22. The Morgan fingerprint density at radius 1 is 1.06 bits per heavy atom. The van der Waals surface area contributed by atoms with E-state index in [1.165, 1.54) is 18.3 Å². The quantitative estimate of drug-likeness (QED) is 0.239. The maximum atomic E-state index is 12.3. The van der Waals surface area contributed by atoms with Gasteiger partial charge in [0, 0.05) is 23.3 Å². The van der Waals surface area contributed by atoms with Crippen molar-refractivity contribution in [3.05, 3.63) is 112 Å². The predicted molar refractivity (Wildman–Crippen MR) is 123 cm³/mol. The van der Waals surface area contributed by atoms with E-state index < -0.39 is 10.8 Å². The molecule has 0 saturated carbocycles. The van der Waals surface area contributed by atoms with Crippen molar-refractivity contribution in [1.82, 2.24) is 15.6 Å². The lowest BCUT2D eigenvalue weighted by Gasteiger charge is -2.06. The molecule has 0 unspecified atom stereocenters. The minimum atomic E-state index is -0.496. The van der Waals surface area contributed by atoms with Crippen molar-refractivity contribution in [2.24, 2.45) is 5.10 Å². The lowest BCUT2D eigenvalue weighted by atomic mass is 10.1. The number of aromatic nitrogens is 2. The standard InChI is InChI=1S/C24H19N5O4/c30-24(28-25-15-18-7-4-8-20(13-18)29(31)32)23-14-22(26-27-23)19-9-11-21(12-10-19)33-16-17-5-2-1-3-6-17/h1-15H,16H2,(H,26,27)(H,28,30). The number of hydrogen-bond acceptors (Lipinski definition) is 6. The van der Waals surface area contributed by atoms with E-state index in [0.717, 1.165) is 16.9 Å². The molecular weight excluding hydrogens is 422 g/mol. The molecule has 0 bridgehead atoms. The van der Waals surface area contributed by atoms with Crippen LogP contribution in [0.3, 0.4) is 0 Å². The highest BCUT2D eigenvalue weighted by atomic mass is 16.6. The largest absolute Gasteiger partial charge is 0.489 e. The molecule has 1 aromatic heterocycles. The van der Waals surface area contributed by atoms with E-state index in [0.29, 0.717) is 17.9 Å². The van der Waals surface area contributed by atoms with E-state index in [9.17, 15) is 14.9 Å². The zero-order valence-corrected chi connectivity index (χ0v) is 17.3. The molecule has 0 aliphatic carbocycles. The number of hydrazone groups is 1. The minimum Gasteiger partial charge on any atom is -0.489 e. The van der Waals surface area contributed by atoms with Gasteiger partial charge in [-0.1, -0.05) is 42.5 Å². The minimum absolute atomic E-state index is 0.0556. The predicted octanol–water partition coefficient (Wildman–Crippen LogP) is 4.33. The van der Waals surface area contributed by atoms with Crippen LogP contribution < -0.4 is 10.2 Å². The molecule has 164 valence electrons. The third-order valence-corrected chi connectivity index (χ3v) is 4.68. The van der Waals surface area contributed by atoms with Crippen molar-refractivity contribution in [3.8, 4) is 17.0 Å². The first-order valence-corrected chi connectivity index (χ1v) is 9.99. The molecule has 1 heterocycles. The summed E-state index contributed by atoms with van der Waals surface area (Å²) in [6.07, 6.45) is 1.33. The molecule has 4 rings (SSSR count). The van der Waals surface area contributed by atoms with Gasteiger partial charge in [-0.15, -0.1) is 0 Å². The van der Waals surface area contributed by atoms with Crippen molar-refractivity contribution in [1.29, 1.82) is 0 Å². The molecule has 33 heavy (non-hydrogen) atoms. The summed E-state index contributed by atoms with van der Waals surface area (Å²) in [4.78, 5) is 22.6. The lowest BCUT2D eigenvalue weighted by molar-refractivity contribution is -0.384.